The van der Waals surface area contributed by atoms with Crippen LogP contribution in [0.3, 0.4) is 0 Å². The molecule has 6 heteroatoms. The number of aromatic nitrogens is 1. The van der Waals surface area contributed by atoms with Gasteiger partial charge in [-0.3, -0.25) is 9.78 Å². The molecule has 1 amide bonds. The number of piperazine rings is 1. The van der Waals surface area contributed by atoms with E-state index in [0.29, 0.717) is 18.7 Å². The second kappa shape index (κ2) is 8.70. The number of methoxy groups -OCH3 is 1. The van der Waals surface area contributed by atoms with E-state index in [0.717, 1.165) is 44.8 Å². The molecule has 0 atom stereocenters. The van der Waals surface area contributed by atoms with E-state index in [4.69, 9.17) is 4.74 Å². The van der Waals surface area contributed by atoms with Gasteiger partial charge in [0.05, 0.1) is 17.4 Å². The highest BCUT2D eigenvalue weighted by atomic mass is 16.5. The molecule has 6 nitrogen and oxygen atoms in total. The van der Waals surface area contributed by atoms with E-state index in [1.165, 1.54) is 0 Å². The fourth-order valence-corrected chi connectivity index (χ4v) is 2.57. The SMILES string of the molecule is CCN1CCN(c2cncc(C(=O)NCCCOC)c2)CC1. The third kappa shape index (κ3) is 4.68. The predicted molar refractivity (Wildman–Crippen MR) is 87.4 cm³/mol. The summed E-state index contributed by atoms with van der Waals surface area (Å²) in [6.07, 6.45) is 4.27. The van der Waals surface area contributed by atoms with Crippen LogP contribution in [0.25, 0.3) is 0 Å². The molecule has 1 aliphatic rings. The van der Waals surface area contributed by atoms with E-state index in [1.807, 2.05) is 12.3 Å². The third-order valence-electron chi connectivity index (χ3n) is 3.98. The summed E-state index contributed by atoms with van der Waals surface area (Å²) in [5, 5.41) is 2.89. The predicted octanol–water partition coefficient (Wildman–Crippen LogP) is 0.990. The van der Waals surface area contributed by atoms with Gasteiger partial charge in [-0.2, -0.15) is 0 Å². The highest BCUT2D eigenvalue weighted by Crippen LogP contribution is 2.16. The molecular formula is C16H26N4O2. The Kier molecular flexibility index (Phi) is 6.61. The van der Waals surface area contributed by atoms with Crippen LogP contribution in [0.15, 0.2) is 18.5 Å². The number of anilines is 1. The van der Waals surface area contributed by atoms with Crippen molar-refractivity contribution in [1.82, 2.24) is 15.2 Å². The molecule has 2 heterocycles. The van der Waals surface area contributed by atoms with Gasteiger partial charge in [0.2, 0.25) is 0 Å². The van der Waals surface area contributed by atoms with Crippen molar-refractivity contribution in [3.8, 4) is 0 Å². The Morgan fingerprint density at radius 1 is 1.32 bits per heavy atom. The summed E-state index contributed by atoms with van der Waals surface area (Å²) in [6.45, 7) is 8.63. The molecule has 0 bridgehead atoms. The maximum Gasteiger partial charge on any atom is 0.252 e. The van der Waals surface area contributed by atoms with Gasteiger partial charge in [-0.05, 0) is 19.0 Å². The average molecular weight is 306 g/mol. The van der Waals surface area contributed by atoms with Crippen LogP contribution in [0.4, 0.5) is 5.69 Å². The molecule has 2 rings (SSSR count). The molecule has 0 aliphatic carbocycles. The minimum atomic E-state index is -0.0716. The number of nitrogens with zero attached hydrogens (tertiary/aromatic N) is 3. The lowest BCUT2D eigenvalue weighted by Gasteiger charge is -2.35. The van der Waals surface area contributed by atoms with Crippen LogP contribution in [0.5, 0.6) is 0 Å². The highest BCUT2D eigenvalue weighted by Gasteiger charge is 2.17. The second-order valence-corrected chi connectivity index (χ2v) is 5.46. The molecule has 122 valence electrons. The van der Waals surface area contributed by atoms with Gasteiger partial charge in [-0.1, -0.05) is 6.92 Å². The van der Waals surface area contributed by atoms with Gasteiger partial charge in [0, 0.05) is 52.6 Å². The van der Waals surface area contributed by atoms with Crippen molar-refractivity contribution in [2.45, 2.75) is 13.3 Å². The van der Waals surface area contributed by atoms with Crippen LogP contribution in [-0.2, 0) is 4.74 Å². The van der Waals surface area contributed by atoms with E-state index in [1.54, 1.807) is 13.3 Å². The smallest absolute Gasteiger partial charge is 0.252 e. The van der Waals surface area contributed by atoms with E-state index in [-0.39, 0.29) is 5.91 Å². The molecule has 0 unspecified atom stereocenters. The molecule has 0 radical (unpaired) electrons. The van der Waals surface area contributed by atoms with E-state index >= 15 is 0 Å². The Labute approximate surface area is 132 Å². The molecule has 1 saturated heterocycles. The first-order valence-electron chi connectivity index (χ1n) is 7.94. The topological polar surface area (TPSA) is 57.7 Å². The molecule has 0 saturated carbocycles. The van der Waals surface area contributed by atoms with Crippen molar-refractivity contribution in [3.63, 3.8) is 0 Å². The summed E-state index contributed by atoms with van der Waals surface area (Å²) in [5.41, 5.74) is 1.65. The molecular weight excluding hydrogens is 280 g/mol. The normalized spacial score (nSPS) is 15.8. The molecule has 22 heavy (non-hydrogen) atoms. The number of hydrogen-bond donors (Lipinski definition) is 1. The van der Waals surface area contributed by atoms with Gasteiger partial charge >= 0.3 is 0 Å². The third-order valence-corrected chi connectivity index (χ3v) is 3.98. The summed E-state index contributed by atoms with van der Waals surface area (Å²) >= 11 is 0. The Bertz CT molecular complexity index is 473. The fourth-order valence-electron chi connectivity index (χ4n) is 2.57. The zero-order valence-corrected chi connectivity index (χ0v) is 13.5. The zero-order valence-electron chi connectivity index (χ0n) is 13.5. The number of rotatable bonds is 7. The monoisotopic (exact) mass is 306 g/mol. The minimum Gasteiger partial charge on any atom is -0.385 e. The molecule has 1 aromatic rings. The van der Waals surface area contributed by atoms with Crippen molar-refractivity contribution in [2.75, 3.05) is 57.9 Å². The zero-order chi connectivity index (χ0) is 15.8. The summed E-state index contributed by atoms with van der Waals surface area (Å²) < 4.78 is 4.97. The van der Waals surface area contributed by atoms with Crippen molar-refractivity contribution in [1.29, 1.82) is 0 Å². The van der Waals surface area contributed by atoms with Gasteiger partial charge < -0.3 is 19.9 Å². The fraction of sp³-hybridized carbons (Fsp3) is 0.625. The first-order valence-corrected chi connectivity index (χ1v) is 7.94. The Hall–Kier alpha value is -1.66. The Morgan fingerprint density at radius 3 is 2.77 bits per heavy atom. The number of carbonyl (C=O) groups excluding carboxylic acids is 1. The molecule has 1 N–H and O–H groups in total. The van der Waals surface area contributed by atoms with Gasteiger partial charge in [-0.15, -0.1) is 0 Å². The van der Waals surface area contributed by atoms with Gasteiger partial charge in [0.15, 0.2) is 0 Å². The number of amides is 1. The van der Waals surface area contributed by atoms with Crippen LogP contribution in [0.2, 0.25) is 0 Å². The number of ether oxygens (including phenoxy) is 1. The van der Waals surface area contributed by atoms with E-state index in [9.17, 15) is 4.79 Å². The minimum absolute atomic E-state index is 0.0716. The summed E-state index contributed by atoms with van der Waals surface area (Å²) in [5.74, 6) is -0.0716. The van der Waals surface area contributed by atoms with Crippen molar-refractivity contribution >= 4 is 11.6 Å². The lowest BCUT2D eigenvalue weighted by atomic mass is 10.2. The number of hydrogen-bond acceptors (Lipinski definition) is 5. The summed E-state index contributed by atoms with van der Waals surface area (Å²) in [6, 6.07) is 1.93. The van der Waals surface area contributed by atoms with Crippen molar-refractivity contribution in [3.05, 3.63) is 24.0 Å². The molecule has 1 aliphatic heterocycles. The summed E-state index contributed by atoms with van der Waals surface area (Å²) in [4.78, 5) is 21.1. The van der Waals surface area contributed by atoms with E-state index < -0.39 is 0 Å². The van der Waals surface area contributed by atoms with Crippen LogP contribution < -0.4 is 10.2 Å². The Morgan fingerprint density at radius 2 is 2.09 bits per heavy atom. The van der Waals surface area contributed by atoms with Crippen LogP contribution >= 0.6 is 0 Å². The summed E-state index contributed by atoms with van der Waals surface area (Å²) in [7, 11) is 1.66. The Balaban J connectivity index is 1.91. The first kappa shape index (κ1) is 16.7. The standard InChI is InChI=1S/C16H26N4O2/c1-3-19-6-8-20(9-7-19)15-11-14(12-17-13-15)16(21)18-5-4-10-22-2/h11-13H,3-10H2,1-2H3,(H,18,21). The first-order chi connectivity index (χ1) is 10.7. The van der Waals surface area contributed by atoms with Crippen molar-refractivity contribution < 1.29 is 9.53 Å². The number of carbonyl (C=O) groups is 1. The average Bonchev–Trinajstić information content (AvgIpc) is 2.59. The lowest BCUT2D eigenvalue weighted by Crippen LogP contribution is -2.46. The molecule has 0 aromatic carbocycles. The molecule has 1 aromatic heterocycles. The van der Waals surface area contributed by atoms with Crippen molar-refractivity contribution in [2.24, 2.45) is 0 Å². The van der Waals surface area contributed by atoms with Crippen LogP contribution in [0, 0.1) is 0 Å². The number of nitrogens with one attached hydrogen (secondary N) is 1. The molecule has 1 fully saturated rings. The quantitative estimate of drug-likeness (QED) is 0.761. The van der Waals surface area contributed by atoms with Gasteiger partial charge in [0.1, 0.15) is 0 Å². The largest absolute Gasteiger partial charge is 0.385 e. The number of likely N-dealkylation sites (N-methyl/N-ethyl adjacent to an activating group) is 1. The van der Waals surface area contributed by atoms with Gasteiger partial charge in [0.25, 0.3) is 5.91 Å². The lowest BCUT2D eigenvalue weighted by molar-refractivity contribution is 0.0948. The van der Waals surface area contributed by atoms with Gasteiger partial charge in [-0.25, -0.2) is 0 Å². The number of pyridine rings is 1. The van der Waals surface area contributed by atoms with Crippen LogP contribution in [-0.4, -0.2) is 68.8 Å². The van der Waals surface area contributed by atoms with E-state index in [2.05, 4.69) is 27.0 Å². The van der Waals surface area contributed by atoms with Crippen LogP contribution in [0.1, 0.15) is 23.7 Å². The maximum atomic E-state index is 12.1. The highest BCUT2D eigenvalue weighted by molar-refractivity contribution is 5.94. The maximum absolute atomic E-state index is 12.1. The second-order valence-electron chi connectivity index (χ2n) is 5.46. The molecule has 0 spiro atoms.